The Bertz CT molecular complexity index is 1490. The molecule has 8 heteroatoms. The highest BCUT2D eigenvalue weighted by Gasteiger charge is 2.10. The van der Waals surface area contributed by atoms with Crippen molar-refractivity contribution in [2.75, 3.05) is 27.4 Å². The van der Waals surface area contributed by atoms with E-state index in [-0.39, 0.29) is 24.8 Å². The van der Waals surface area contributed by atoms with E-state index >= 15 is 0 Å². The molecule has 0 saturated carbocycles. The Morgan fingerprint density at radius 2 is 0.889 bits per heavy atom. The van der Waals surface area contributed by atoms with Crippen LogP contribution in [0.5, 0.6) is 11.5 Å². The van der Waals surface area contributed by atoms with Crippen LogP contribution in [0.1, 0.15) is 54.1 Å². The second kappa shape index (κ2) is 16.6. The van der Waals surface area contributed by atoms with E-state index in [0.29, 0.717) is 55.1 Å². The molecule has 0 heterocycles. The van der Waals surface area contributed by atoms with Crippen molar-refractivity contribution in [1.82, 2.24) is 0 Å². The van der Waals surface area contributed by atoms with Crippen LogP contribution in [0.2, 0.25) is 0 Å². The summed E-state index contributed by atoms with van der Waals surface area (Å²) in [5, 5.41) is 0. The zero-order valence-corrected chi connectivity index (χ0v) is 25.5. The first kappa shape index (κ1) is 32.7. The van der Waals surface area contributed by atoms with Crippen molar-refractivity contribution in [1.29, 1.82) is 0 Å². The zero-order valence-electron chi connectivity index (χ0n) is 25.5. The topological polar surface area (TPSA) is 105 Å². The summed E-state index contributed by atoms with van der Waals surface area (Å²) in [4.78, 5) is 46.5. The van der Waals surface area contributed by atoms with Gasteiger partial charge in [0.1, 0.15) is 11.5 Å². The van der Waals surface area contributed by atoms with Gasteiger partial charge in [-0.3, -0.25) is 19.2 Å². The highest BCUT2D eigenvalue weighted by Crippen LogP contribution is 2.24. The first-order valence-electron chi connectivity index (χ1n) is 14.6. The lowest BCUT2D eigenvalue weighted by Crippen LogP contribution is -2.06. The molecule has 0 aliphatic carbocycles. The highest BCUT2D eigenvalue weighted by molar-refractivity contribution is 5.80. The number of carbonyl (C=O) groups is 4. The molecule has 0 aliphatic heterocycles. The minimum atomic E-state index is -0.281. The molecule has 45 heavy (non-hydrogen) atoms. The molecule has 0 fully saturated rings. The van der Waals surface area contributed by atoms with E-state index in [0.717, 1.165) is 46.0 Å². The van der Waals surface area contributed by atoms with Crippen molar-refractivity contribution >= 4 is 24.5 Å². The summed E-state index contributed by atoms with van der Waals surface area (Å²) in [5.74, 6) is 0.449. The number of methoxy groups -OCH3 is 2. The molecule has 0 bridgehead atoms. The average molecular weight is 609 g/mol. The van der Waals surface area contributed by atoms with Crippen molar-refractivity contribution < 1.29 is 38.1 Å². The van der Waals surface area contributed by atoms with Crippen LogP contribution in [0.15, 0.2) is 84.9 Å². The van der Waals surface area contributed by atoms with E-state index < -0.39 is 0 Å². The van der Waals surface area contributed by atoms with E-state index in [1.165, 1.54) is 14.2 Å². The van der Waals surface area contributed by atoms with Crippen LogP contribution in [-0.2, 0) is 51.2 Å². The Morgan fingerprint density at radius 3 is 1.24 bits per heavy atom. The molecule has 0 aliphatic rings. The molecular weight excluding hydrogens is 572 g/mol. The maximum absolute atomic E-state index is 11.8. The summed E-state index contributed by atoms with van der Waals surface area (Å²) >= 11 is 0. The van der Waals surface area contributed by atoms with Crippen LogP contribution >= 0.6 is 0 Å². The van der Waals surface area contributed by atoms with Crippen molar-refractivity contribution in [3.8, 4) is 11.5 Å². The van der Waals surface area contributed by atoms with Gasteiger partial charge in [0, 0.05) is 12.8 Å². The second-order valence-electron chi connectivity index (χ2n) is 10.5. The largest absolute Gasteiger partial charge is 0.492 e. The Kier molecular flexibility index (Phi) is 12.0. The van der Waals surface area contributed by atoms with Gasteiger partial charge in [-0.05, 0) is 64.1 Å². The molecule has 8 nitrogen and oxygen atoms in total. The first-order chi connectivity index (χ1) is 21.9. The molecule has 4 rings (SSSR count). The minimum absolute atomic E-state index is 0.231. The molecule has 0 amide bonds. The first-order valence-corrected chi connectivity index (χ1v) is 14.6. The van der Waals surface area contributed by atoms with Gasteiger partial charge in [-0.25, -0.2) is 0 Å². The standard InChI is InChI=1S/C37H36O8/c1-42-36(40)22-28-7-3-26(4-8-28)15-17-44-34-13-11-30(20-32(34)24-38)19-31-12-14-35(33(21-31)25-39)45-18-16-27-5-9-29(10-6-27)23-37(41)43-2/h3-14,20-21,24-25H,15-19,22-23H2,1-2H3. The molecule has 0 aromatic heterocycles. The van der Waals surface area contributed by atoms with Gasteiger partial charge < -0.3 is 18.9 Å². The SMILES string of the molecule is COC(=O)Cc1ccc(CCOc2ccc(Cc3ccc(OCCc4ccc(CC(=O)OC)cc4)c(C=O)c3)cc2C=O)cc1. The third-order valence-corrected chi connectivity index (χ3v) is 7.31. The average Bonchev–Trinajstić information content (AvgIpc) is 3.07. The summed E-state index contributed by atoms with van der Waals surface area (Å²) in [7, 11) is 2.74. The van der Waals surface area contributed by atoms with E-state index in [4.69, 9.17) is 18.9 Å². The third kappa shape index (κ3) is 9.89. The summed E-state index contributed by atoms with van der Waals surface area (Å²) in [6.07, 6.45) is 3.83. The molecular formula is C37H36O8. The summed E-state index contributed by atoms with van der Waals surface area (Å²) in [5.41, 5.74) is 6.59. The molecule has 4 aromatic carbocycles. The van der Waals surface area contributed by atoms with E-state index in [1.54, 1.807) is 24.3 Å². The third-order valence-electron chi connectivity index (χ3n) is 7.31. The Hall–Kier alpha value is -5.24. The van der Waals surface area contributed by atoms with Gasteiger partial charge in [0.2, 0.25) is 0 Å². The fraction of sp³-hybridized carbons (Fsp3) is 0.243. The number of aldehydes is 2. The number of esters is 2. The highest BCUT2D eigenvalue weighted by atomic mass is 16.5. The summed E-state index contributed by atoms with van der Waals surface area (Å²) < 4.78 is 21.2. The fourth-order valence-electron chi connectivity index (χ4n) is 4.78. The van der Waals surface area contributed by atoms with E-state index in [9.17, 15) is 19.2 Å². The van der Waals surface area contributed by atoms with Crippen LogP contribution in [0.4, 0.5) is 0 Å². The molecule has 0 unspecified atom stereocenters. The van der Waals surface area contributed by atoms with Crippen LogP contribution in [0.25, 0.3) is 0 Å². The van der Waals surface area contributed by atoms with Crippen molar-refractivity contribution in [2.24, 2.45) is 0 Å². The minimum Gasteiger partial charge on any atom is -0.492 e. The van der Waals surface area contributed by atoms with Gasteiger partial charge in [0.15, 0.2) is 12.6 Å². The number of benzene rings is 4. The van der Waals surface area contributed by atoms with Gasteiger partial charge in [-0.2, -0.15) is 0 Å². The number of rotatable bonds is 16. The summed E-state index contributed by atoms with van der Waals surface area (Å²) in [6, 6.07) is 26.4. The fourth-order valence-corrected chi connectivity index (χ4v) is 4.78. The predicted octanol–water partition coefficient (Wildman–Crippen LogP) is 5.58. The number of ether oxygens (including phenoxy) is 4. The molecule has 4 aromatic rings. The molecule has 0 atom stereocenters. The van der Waals surface area contributed by atoms with Crippen LogP contribution in [0, 0.1) is 0 Å². The Labute approximate surface area is 262 Å². The van der Waals surface area contributed by atoms with Crippen molar-refractivity contribution in [3.63, 3.8) is 0 Å². The number of carbonyl (C=O) groups excluding carboxylic acids is 4. The normalized spacial score (nSPS) is 10.5. The second-order valence-corrected chi connectivity index (χ2v) is 10.5. The monoisotopic (exact) mass is 608 g/mol. The van der Waals surface area contributed by atoms with Gasteiger partial charge in [0.05, 0.1) is 51.4 Å². The van der Waals surface area contributed by atoms with E-state index in [1.807, 2.05) is 60.7 Å². The lowest BCUT2D eigenvalue weighted by molar-refractivity contribution is -0.140. The summed E-state index contributed by atoms with van der Waals surface area (Å²) in [6.45, 7) is 0.781. The molecule has 0 saturated heterocycles. The predicted molar refractivity (Wildman–Crippen MR) is 169 cm³/mol. The molecule has 0 N–H and O–H groups in total. The molecule has 232 valence electrons. The lowest BCUT2D eigenvalue weighted by Gasteiger charge is -2.12. The van der Waals surface area contributed by atoms with Crippen LogP contribution < -0.4 is 9.47 Å². The molecule has 0 radical (unpaired) electrons. The van der Waals surface area contributed by atoms with Gasteiger partial charge in [-0.1, -0.05) is 60.7 Å². The van der Waals surface area contributed by atoms with Crippen LogP contribution in [0.3, 0.4) is 0 Å². The lowest BCUT2D eigenvalue weighted by atomic mass is 10.0. The number of hydrogen-bond acceptors (Lipinski definition) is 8. The van der Waals surface area contributed by atoms with Crippen molar-refractivity contribution in [3.05, 3.63) is 129 Å². The quantitative estimate of drug-likeness (QED) is 0.120. The van der Waals surface area contributed by atoms with Crippen molar-refractivity contribution in [2.45, 2.75) is 32.1 Å². The molecule has 0 spiro atoms. The number of hydrogen-bond donors (Lipinski definition) is 0. The Balaban J connectivity index is 1.29. The maximum Gasteiger partial charge on any atom is 0.309 e. The van der Waals surface area contributed by atoms with Crippen LogP contribution in [-0.4, -0.2) is 51.9 Å². The zero-order chi connectivity index (χ0) is 32.0. The van der Waals surface area contributed by atoms with Gasteiger partial charge in [-0.15, -0.1) is 0 Å². The Morgan fingerprint density at radius 1 is 0.533 bits per heavy atom. The maximum atomic E-state index is 11.8. The van der Waals surface area contributed by atoms with E-state index in [2.05, 4.69) is 0 Å². The van der Waals surface area contributed by atoms with Gasteiger partial charge in [0.25, 0.3) is 0 Å². The van der Waals surface area contributed by atoms with Gasteiger partial charge >= 0.3 is 11.9 Å². The smallest absolute Gasteiger partial charge is 0.309 e.